The summed E-state index contributed by atoms with van der Waals surface area (Å²) in [6, 6.07) is 0.592. The summed E-state index contributed by atoms with van der Waals surface area (Å²) < 4.78 is 16.1. The highest BCUT2D eigenvalue weighted by Crippen LogP contribution is 2.48. The topological polar surface area (TPSA) is 135 Å². The molecule has 0 spiro atoms. The molecular formula is C36H43NO8. The predicted molar refractivity (Wildman–Crippen MR) is 173 cm³/mol. The van der Waals surface area contributed by atoms with Crippen LogP contribution in [0, 0.1) is 0 Å². The molecule has 1 amide bonds. The number of amides is 1. The lowest BCUT2D eigenvalue weighted by Gasteiger charge is -2.40. The van der Waals surface area contributed by atoms with Crippen molar-refractivity contribution in [3.8, 4) is 17.2 Å². The molecule has 1 aromatic carbocycles. The summed E-state index contributed by atoms with van der Waals surface area (Å²) in [6.07, 6.45) is 29.0. The summed E-state index contributed by atoms with van der Waals surface area (Å²) in [4.78, 5) is 25.3. The molecule has 0 saturated heterocycles. The van der Waals surface area contributed by atoms with Crippen LogP contribution in [-0.2, 0) is 9.53 Å². The molecule has 9 heteroatoms. The molecule has 9 nitrogen and oxygen atoms in total. The number of rotatable bonds is 15. The molecule has 3 aliphatic rings. The number of benzene rings is 1. The van der Waals surface area contributed by atoms with Crippen molar-refractivity contribution >= 4 is 17.4 Å². The van der Waals surface area contributed by atoms with E-state index in [1.165, 1.54) is 6.08 Å². The summed E-state index contributed by atoms with van der Waals surface area (Å²) in [5, 5.41) is 34.6. The Morgan fingerprint density at radius 3 is 2.07 bits per heavy atom. The molecule has 45 heavy (non-hydrogen) atoms. The number of aliphatic hydroxyl groups excluding tert-OH is 2. The highest BCUT2D eigenvalue weighted by Gasteiger charge is 2.46. The van der Waals surface area contributed by atoms with Crippen molar-refractivity contribution in [1.29, 1.82) is 0 Å². The average molecular weight is 618 g/mol. The molecule has 0 radical (unpaired) electrons. The third-order valence-corrected chi connectivity index (χ3v) is 7.55. The van der Waals surface area contributed by atoms with Gasteiger partial charge < -0.3 is 34.8 Å². The van der Waals surface area contributed by atoms with Crippen LogP contribution in [0.25, 0.3) is 5.57 Å². The van der Waals surface area contributed by atoms with E-state index in [-0.39, 0.29) is 36.0 Å². The molecule has 4 N–H and O–H groups in total. The normalized spacial score (nSPS) is 22.6. The van der Waals surface area contributed by atoms with Gasteiger partial charge >= 0.3 is 5.97 Å². The highest BCUT2D eigenvalue weighted by atomic mass is 16.7. The van der Waals surface area contributed by atoms with Crippen LogP contribution >= 0.6 is 0 Å². The van der Waals surface area contributed by atoms with Gasteiger partial charge in [0.2, 0.25) is 12.5 Å². The maximum atomic E-state index is 12.7. The van der Waals surface area contributed by atoms with E-state index in [4.69, 9.17) is 14.2 Å². The number of phenolic OH excluding ortho intramolecular Hbond substituents is 1. The number of carbonyl (C=O) groups excluding carboxylic acids is 2. The number of aliphatic hydroxyl groups is 2. The Morgan fingerprint density at radius 2 is 1.47 bits per heavy atom. The average Bonchev–Trinajstić information content (AvgIpc) is 3.51. The van der Waals surface area contributed by atoms with Gasteiger partial charge in [-0.2, -0.15) is 0 Å². The summed E-state index contributed by atoms with van der Waals surface area (Å²) >= 11 is 0. The van der Waals surface area contributed by atoms with Gasteiger partial charge in [0.1, 0.15) is 18.3 Å². The van der Waals surface area contributed by atoms with Crippen molar-refractivity contribution < 1.29 is 39.1 Å². The van der Waals surface area contributed by atoms with Gasteiger partial charge in [0.15, 0.2) is 11.5 Å². The molecule has 4 rings (SSSR count). The molecular weight excluding hydrogens is 574 g/mol. The fourth-order valence-corrected chi connectivity index (χ4v) is 5.23. The molecule has 0 bridgehead atoms. The van der Waals surface area contributed by atoms with Crippen molar-refractivity contribution in [2.45, 2.75) is 82.6 Å². The fraction of sp³-hybridized carbons (Fsp3) is 0.389. The lowest BCUT2D eigenvalue weighted by atomic mass is 9.79. The van der Waals surface area contributed by atoms with Gasteiger partial charge in [-0.05, 0) is 62.7 Å². The highest BCUT2D eigenvalue weighted by molar-refractivity contribution is 6.07. The van der Waals surface area contributed by atoms with Gasteiger partial charge in [0, 0.05) is 12.0 Å². The Labute approximate surface area is 264 Å². The van der Waals surface area contributed by atoms with Crippen LogP contribution in [0.5, 0.6) is 17.2 Å². The van der Waals surface area contributed by atoms with Crippen LogP contribution in [0.15, 0.2) is 85.1 Å². The first-order valence-electron chi connectivity index (χ1n) is 15.6. The quantitative estimate of drug-likeness (QED) is 0.145. The molecule has 2 heterocycles. The largest absolute Gasteiger partial charge is 0.504 e. The number of carbonyl (C=O) groups is 2. The third kappa shape index (κ3) is 9.09. The second-order valence-electron chi connectivity index (χ2n) is 10.8. The van der Waals surface area contributed by atoms with Crippen molar-refractivity contribution in [3.05, 3.63) is 96.2 Å². The van der Waals surface area contributed by atoms with Crippen molar-refractivity contribution in [3.63, 3.8) is 0 Å². The number of ether oxygens (including phenoxy) is 3. The minimum Gasteiger partial charge on any atom is -0.504 e. The van der Waals surface area contributed by atoms with Crippen molar-refractivity contribution in [1.82, 2.24) is 5.32 Å². The minimum absolute atomic E-state index is 0.0342. The minimum atomic E-state index is -1.45. The van der Waals surface area contributed by atoms with Crippen LogP contribution in [0.1, 0.15) is 74.2 Å². The van der Waals surface area contributed by atoms with Crippen LogP contribution in [0.2, 0.25) is 0 Å². The van der Waals surface area contributed by atoms with Gasteiger partial charge in [-0.1, -0.05) is 79.8 Å². The summed E-state index contributed by atoms with van der Waals surface area (Å²) in [6.45, 7) is 2.03. The Bertz CT molecular complexity index is 1400. The van der Waals surface area contributed by atoms with E-state index in [2.05, 4.69) is 73.0 Å². The standard InChI is InChI=1S/C36H43NO8/c1-2-3-4-5-6-7-8-9-10-11-12-13-14-15-16-17-18-19-20-21-29(38)45-27-23-26-25-22-28-35(44-24-43-28)33(40)30(25)36(42)37-31(26)34(41)32(27)39/h3-4,6-7,9-10,12-13,15-16,18-19,22-23,27,31-32,34,39-41H,2,5,8,11,14,17,20-21,24H2,1H3,(H,37,42)/b4-3-,7-6-,10-9-,13-12-,16-15-,19-18-/t27-,31+,32+,34-/m0/s1. The first-order valence-corrected chi connectivity index (χ1v) is 15.6. The van der Waals surface area contributed by atoms with E-state index in [1.807, 2.05) is 12.2 Å². The Morgan fingerprint density at radius 1 is 0.889 bits per heavy atom. The second kappa shape index (κ2) is 17.2. The number of hydrogen-bond acceptors (Lipinski definition) is 8. The summed E-state index contributed by atoms with van der Waals surface area (Å²) in [5.41, 5.74) is 0.689. The van der Waals surface area contributed by atoms with Crippen LogP contribution < -0.4 is 14.8 Å². The van der Waals surface area contributed by atoms with Crippen LogP contribution in [0.4, 0.5) is 0 Å². The lowest BCUT2D eigenvalue weighted by Crippen LogP contribution is -2.57. The van der Waals surface area contributed by atoms with E-state index < -0.39 is 36.2 Å². The van der Waals surface area contributed by atoms with Gasteiger partial charge in [-0.15, -0.1) is 0 Å². The molecule has 4 atom stereocenters. The number of aromatic hydroxyl groups is 1. The maximum absolute atomic E-state index is 12.7. The SMILES string of the molecule is CC/C=C\C/C=C\C/C=C\C/C=C\C/C=C\C/C=C\CCC(=O)O[C@H]1C=C2c3cc4c(c(O)c3C(=O)N[C@H]2[C@H](O)[C@@H]1O)OCO4. The van der Waals surface area contributed by atoms with E-state index in [0.717, 1.165) is 38.5 Å². The summed E-state index contributed by atoms with van der Waals surface area (Å²) in [7, 11) is 0. The van der Waals surface area contributed by atoms with Gasteiger partial charge in [0.05, 0.1) is 11.6 Å². The Hall–Kier alpha value is -4.34. The second-order valence-corrected chi connectivity index (χ2v) is 10.8. The molecule has 0 unspecified atom stereocenters. The number of esters is 1. The number of nitrogens with one attached hydrogen (secondary N) is 1. The molecule has 1 aromatic rings. The first-order chi connectivity index (χ1) is 21.9. The van der Waals surface area contributed by atoms with Gasteiger partial charge in [0.25, 0.3) is 5.91 Å². The number of fused-ring (bicyclic) bond motifs is 4. The number of allylic oxidation sites excluding steroid dienone is 12. The molecule has 0 saturated carbocycles. The van der Waals surface area contributed by atoms with E-state index >= 15 is 0 Å². The zero-order valence-electron chi connectivity index (χ0n) is 25.6. The van der Waals surface area contributed by atoms with Crippen molar-refractivity contribution in [2.75, 3.05) is 6.79 Å². The van der Waals surface area contributed by atoms with Crippen LogP contribution in [-0.4, -0.2) is 58.3 Å². The molecule has 0 aromatic heterocycles. The lowest BCUT2D eigenvalue weighted by molar-refractivity contribution is -0.156. The Balaban J connectivity index is 1.18. The van der Waals surface area contributed by atoms with E-state index in [1.54, 1.807) is 6.07 Å². The summed E-state index contributed by atoms with van der Waals surface area (Å²) in [5.74, 6) is -1.21. The predicted octanol–water partition coefficient (Wildman–Crippen LogP) is 5.74. The van der Waals surface area contributed by atoms with E-state index in [0.29, 0.717) is 17.6 Å². The fourth-order valence-electron chi connectivity index (χ4n) is 5.23. The van der Waals surface area contributed by atoms with Crippen LogP contribution in [0.3, 0.4) is 0 Å². The zero-order valence-corrected chi connectivity index (χ0v) is 25.6. The molecule has 0 fully saturated rings. The smallest absolute Gasteiger partial charge is 0.306 e. The first kappa shape index (κ1) is 33.6. The molecule has 240 valence electrons. The van der Waals surface area contributed by atoms with Crippen molar-refractivity contribution in [2.24, 2.45) is 0 Å². The van der Waals surface area contributed by atoms with E-state index in [9.17, 15) is 24.9 Å². The number of phenols is 1. The maximum Gasteiger partial charge on any atom is 0.306 e. The van der Waals surface area contributed by atoms with Gasteiger partial charge in [-0.25, -0.2) is 0 Å². The number of hydrogen-bond donors (Lipinski definition) is 4. The molecule has 1 aliphatic carbocycles. The zero-order chi connectivity index (χ0) is 32.0. The van der Waals surface area contributed by atoms with Gasteiger partial charge in [-0.3, -0.25) is 9.59 Å². The Kier molecular flexibility index (Phi) is 12.8. The monoisotopic (exact) mass is 617 g/mol. The molecule has 2 aliphatic heterocycles. The third-order valence-electron chi connectivity index (χ3n) is 7.55.